The van der Waals surface area contributed by atoms with Crippen molar-refractivity contribution in [1.29, 1.82) is 0 Å². The molecule has 1 amide bonds. The van der Waals surface area contributed by atoms with E-state index in [2.05, 4.69) is 19.2 Å². The molecular formula is C52H101NO13. The number of nitrogens with one attached hydrogen (secondary N) is 1. The Kier molecular flexibility index (Phi) is 36.7. The Morgan fingerprint density at radius 3 is 1.29 bits per heavy atom. The molecule has 2 saturated heterocycles. The van der Waals surface area contributed by atoms with Crippen molar-refractivity contribution < 1.29 is 64.6 Å². The Balaban J connectivity index is 1.73. The van der Waals surface area contributed by atoms with Crippen LogP contribution in [0.4, 0.5) is 0 Å². The second-order valence-corrected chi connectivity index (χ2v) is 19.7. The molecule has 2 aliphatic heterocycles. The molecule has 392 valence electrons. The first-order chi connectivity index (χ1) is 32.1. The quantitative estimate of drug-likeness (QED) is 0.0267. The summed E-state index contributed by atoms with van der Waals surface area (Å²) in [6, 6.07) is -0.820. The zero-order valence-corrected chi connectivity index (χ0v) is 41.7. The van der Waals surface area contributed by atoms with E-state index in [4.69, 9.17) is 18.9 Å². The van der Waals surface area contributed by atoms with Gasteiger partial charge < -0.3 is 65.1 Å². The number of hydrogen-bond acceptors (Lipinski definition) is 13. The molecule has 0 radical (unpaired) electrons. The highest BCUT2D eigenvalue weighted by Gasteiger charge is 2.51. The molecule has 2 heterocycles. The van der Waals surface area contributed by atoms with Crippen LogP contribution < -0.4 is 5.32 Å². The minimum absolute atomic E-state index is 0.203. The summed E-state index contributed by atoms with van der Waals surface area (Å²) < 4.78 is 22.7. The van der Waals surface area contributed by atoms with Crippen LogP contribution in [0.2, 0.25) is 0 Å². The van der Waals surface area contributed by atoms with Crippen molar-refractivity contribution in [3.05, 3.63) is 0 Å². The predicted molar refractivity (Wildman–Crippen MR) is 259 cm³/mol. The van der Waals surface area contributed by atoms with Crippen LogP contribution in [0.15, 0.2) is 0 Å². The number of carbonyl (C=O) groups excluding carboxylic acids is 1. The van der Waals surface area contributed by atoms with E-state index in [1.54, 1.807) is 0 Å². The van der Waals surface area contributed by atoms with Crippen LogP contribution in [0, 0.1) is 0 Å². The molecule has 0 aromatic rings. The molecule has 0 aromatic carbocycles. The minimum Gasteiger partial charge on any atom is -0.394 e. The first-order valence-electron chi connectivity index (χ1n) is 27.3. The van der Waals surface area contributed by atoms with Crippen LogP contribution in [0.1, 0.15) is 232 Å². The van der Waals surface area contributed by atoms with E-state index >= 15 is 0 Å². The zero-order valence-electron chi connectivity index (χ0n) is 41.7. The van der Waals surface area contributed by atoms with Crippen molar-refractivity contribution in [3.63, 3.8) is 0 Å². The maximum absolute atomic E-state index is 13.2. The molecule has 0 bridgehead atoms. The van der Waals surface area contributed by atoms with Crippen LogP contribution in [-0.2, 0) is 23.7 Å². The maximum Gasteiger partial charge on any atom is 0.220 e. The highest BCUT2D eigenvalue weighted by molar-refractivity contribution is 5.76. The Morgan fingerprint density at radius 1 is 0.485 bits per heavy atom. The summed E-state index contributed by atoms with van der Waals surface area (Å²) in [5.41, 5.74) is 0. The minimum atomic E-state index is -1.78. The molecule has 0 aliphatic carbocycles. The predicted octanol–water partition coefficient (Wildman–Crippen LogP) is 7.78. The average molecular weight is 948 g/mol. The van der Waals surface area contributed by atoms with Crippen LogP contribution in [0.25, 0.3) is 0 Å². The Morgan fingerprint density at radius 2 is 0.864 bits per heavy atom. The van der Waals surface area contributed by atoms with Gasteiger partial charge in [-0.25, -0.2) is 0 Å². The summed E-state index contributed by atoms with van der Waals surface area (Å²) in [6.45, 7) is 2.85. The summed E-state index contributed by atoms with van der Waals surface area (Å²) in [5.74, 6) is -0.203. The number of ether oxygens (including phenoxy) is 4. The van der Waals surface area contributed by atoms with Gasteiger partial charge in [0.1, 0.15) is 48.8 Å². The topological polar surface area (TPSA) is 228 Å². The van der Waals surface area contributed by atoms with Crippen molar-refractivity contribution in [1.82, 2.24) is 5.32 Å². The van der Waals surface area contributed by atoms with Gasteiger partial charge in [-0.3, -0.25) is 4.79 Å². The smallest absolute Gasteiger partial charge is 0.220 e. The van der Waals surface area contributed by atoms with Gasteiger partial charge in [0.05, 0.1) is 32.0 Å². The molecule has 2 rings (SSSR count). The van der Waals surface area contributed by atoms with E-state index in [1.807, 2.05) is 0 Å². The molecule has 9 N–H and O–H groups in total. The van der Waals surface area contributed by atoms with Crippen LogP contribution in [0.3, 0.4) is 0 Å². The van der Waals surface area contributed by atoms with Gasteiger partial charge in [-0.05, 0) is 12.8 Å². The van der Waals surface area contributed by atoms with E-state index in [0.717, 1.165) is 51.4 Å². The lowest BCUT2D eigenvalue weighted by atomic mass is 9.97. The zero-order chi connectivity index (χ0) is 48.2. The number of aliphatic hydroxyl groups excluding tert-OH is 8. The molecule has 14 heteroatoms. The lowest BCUT2D eigenvalue weighted by molar-refractivity contribution is -0.359. The van der Waals surface area contributed by atoms with Crippen LogP contribution >= 0.6 is 0 Å². The van der Waals surface area contributed by atoms with E-state index in [-0.39, 0.29) is 12.5 Å². The van der Waals surface area contributed by atoms with Gasteiger partial charge in [0.15, 0.2) is 12.6 Å². The van der Waals surface area contributed by atoms with E-state index in [9.17, 15) is 45.6 Å². The number of hydrogen-bond donors (Lipinski definition) is 9. The molecule has 14 nitrogen and oxygen atoms in total. The normalized spacial score (nSPS) is 26.7. The fourth-order valence-electron chi connectivity index (χ4n) is 9.36. The lowest BCUT2D eigenvalue weighted by Gasteiger charge is -2.46. The van der Waals surface area contributed by atoms with E-state index < -0.39 is 86.8 Å². The number of unbranched alkanes of at least 4 members (excludes halogenated alkanes) is 30. The van der Waals surface area contributed by atoms with E-state index in [1.165, 1.54) is 154 Å². The summed E-state index contributed by atoms with van der Waals surface area (Å²) >= 11 is 0. The molecule has 2 aliphatic rings. The van der Waals surface area contributed by atoms with Gasteiger partial charge in [0, 0.05) is 6.42 Å². The molecule has 2 fully saturated rings. The molecule has 12 unspecified atom stereocenters. The van der Waals surface area contributed by atoms with Crippen LogP contribution in [-0.4, -0.2) is 140 Å². The Bertz CT molecular complexity index is 1120. The van der Waals surface area contributed by atoms with Crippen molar-refractivity contribution in [2.45, 2.75) is 306 Å². The van der Waals surface area contributed by atoms with Crippen molar-refractivity contribution >= 4 is 5.91 Å². The van der Waals surface area contributed by atoms with Crippen molar-refractivity contribution in [2.24, 2.45) is 0 Å². The monoisotopic (exact) mass is 948 g/mol. The van der Waals surface area contributed by atoms with Gasteiger partial charge in [0.2, 0.25) is 5.91 Å². The van der Waals surface area contributed by atoms with Crippen molar-refractivity contribution in [3.8, 4) is 0 Å². The van der Waals surface area contributed by atoms with Crippen molar-refractivity contribution in [2.75, 3.05) is 19.8 Å². The molecule has 0 aromatic heterocycles. The standard InChI is InChI=1S/C52H101NO13/c1-3-5-7-9-11-13-15-16-17-18-19-20-21-22-23-24-25-26-28-30-32-34-36-44(57)53-40(41(56)35-33-31-29-27-14-12-10-8-6-4-2)39-63-51-49(62)47(60)50(43(38-55)65-51)66-52-48(61)46(59)45(58)42(37-54)64-52/h40-43,45-52,54-56,58-62H,3-39H2,1-2H3,(H,53,57). The third-order valence-corrected chi connectivity index (χ3v) is 13.8. The number of rotatable bonds is 43. The first-order valence-corrected chi connectivity index (χ1v) is 27.3. The summed E-state index contributed by atoms with van der Waals surface area (Å²) in [5, 5.41) is 86.9. The highest BCUT2D eigenvalue weighted by atomic mass is 16.7. The molecular weight excluding hydrogens is 847 g/mol. The fourth-order valence-corrected chi connectivity index (χ4v) is 9.36. The maximum atomic E-state index is 13.2. The summed E-state index contributed by atoms with van der Waals surface area (Å²) in [7, 11) is 0. The largest absolute Gasteiger partial charge is 0.394 e. The lowest BCUT2D eigenvalue weighted by Crippen LogP contribution is -2.65. The number of carbonyl (C=O) groups is 1. The summed E-state index contributed by atoms with van der Waals surface area (Å²) in [4.78, 5) is 13.2. The molecule has 66 heavy (non-hydrogen) atoms. The van der Waals surface area contributed by atoms with Gasteiger partial charge >= 0.3 is 0 Å². The third-order valence-electron chi connectivity index (χ3n) is 13.8. The average Bonchev–Trinajstić information content (AvgIpc) is 3.31. The van der Waals surface area contributed by atoms with Gasteiger partial charge in [-0.2, -0.15) is 0 Å². The molecule has 0 saturated carbocycles. The molecule has 12 atom stereocenters. The summed E-state index contributed by atoms with van der Waals surface area (Å²) in [6.07, 6.45) is 24.0. The van der Waals surface area contributed by atoms with E-state index in [0.29, 0.717) is 12.8 Å². The molecule has 0 spiro atoms. The SMILES string of the molecule is CCCCCCCCCCCCCCCCCCCCCCCCC(=O)NC(COC1OC(CO)C(OC2OC(CO)C(O)C(O)C2O)C(O)C1O)C(O)CCCCCCCCCCCC. The van der Waals surface area contributed by atoms with Gasteiger partial charge in [0.25, 0.3) is 0 Å². The first kappa shape index (κ1) is 61.1. The highest BCUT2D eigenvalue weighted by Crippen LogP contribution is 2.30. The second-order valence-electron chi connectivity index (χ2n) is 19.7. The number of aliphatic hydroxyl groups is 8. The van der Waals surface area contributed by atoms with Crippen LogP contribution in [0.5, 0.6) is 0 Å². The van der Waals surface area contributed by atoms with Gasteiger partial charge in [-0.1, -0.05) is 213 Å². The van der Waals surface area contributed by atoms with Gasteiger partial charge in [-0.15, -0.1) is 0 Å². The number of amides is 1. The Hall–Kier alpha value is -1.01. The second kappa shape index (κ2) is 39.7. The fraction of sp³-hybridized carbons (Fsp3) is 0.981. The Labute approximate surface area is 400 Å². The third kappa shape index (κ3) is 26.3.